The van der Waals surface area contributed by atoms with E-state index >= 15 is 0 Å². The molecular weight excluding hydrogens is 316 g/mol. The van der Waals surface area contributed by atoms with E-state index in [4.69, 9.17) is 4.74 Å². The molecule has 25 heavy (non-hydrogen) atoms. The second kappa shape index (κ2) is 7.17. The van der Waals surface area contributed by atoms with Gasteiger partial charge in [-0.25, -0.2) is 0 Å². The van der Waals surface area contributed by atoms with Gasteiger partial charge in [0.15, 0.2) is 0 Å². The summed E-state index contributed by atoms with van der Waals surface area (Å²) in [6.45, 7) is 2.15. The first-order valence-electron chi connectivity index (χ1n) is 8.95. The van der Waals surface area contributed by atoms with Crippen molar-refractivity contribution in [2.24, 2.45) is 5.92 Å². The summed E-state index contributed by atoms with van der Waals surface area (Å²) in [5.41, 5.74) is 1.73. The van der Waals surface area contributed by atoms with Crippen LogP contribution in [0.3, 0.4) is 0 Å². The molecular formula is C19H22N4O2. The number of aromatic nitrogens is 3. The number of rotatable bonds is 5. The monoisotopic (exact) mass is 338 g/mol. The molecule has 0 spiro atoms. The van der Waals surface area contributed by atoms with Crippen molar-refractivity contribution in [2.45, 2.75) is 31.6 Å². The Morgan fingerprint density at radius 2 is 1.96 bits per heavy atom. The Morgan fingerprint density at radius 1 is 1.12 bits per heavy atom. The Hall–Kier alpha value is -2.50. The lowest BCUT2D eigenvalue weighted by molar-refractivity contribution is 0.0658. The van der Waals surface area contributed by atoms with Crippen LogP contribution in [0.5, 0.6) is 5.88 Å². The van der Waals surface area contributed by atoms with Gasteiger partial charge in [-0.2, -0.15) is 5.10 Å². The molecule has 0 aromatic carbocycles. The van der Waals surface area contributed by atoms with E-state index in [0.717, 1.165) is 31.6 Å². The Bertz CT molecular complexity index is 708. The predicted molar refractivity (Wildman–Crippen MR) is 92.4 cm³/mol. The van der Waals surface area contributed by atoms with Gasteiger partial charge in [-0.1, -0.05) is 0 Å². The second-order valence-corrected chi connectivity index (χ2v) is 6.86. The van der Waals surface area contributed by atoms with Crippen molar-refractivity contribution in [2.75, 3.05) is 19.7 Å². The number of ether oxygens (including phenoxy) is 1. The minimum absolute atomic E-state index is 0.0639. The number of likely N-dealkylation sites (tertiary alicyclic amines) is 1. The first kappa shape index (κ1) is 16.0. The average molecular weight is 338 g/mol. The molecule has 6 nitrogen and oxygen atoms in total. The largest absolute Gasteiger partial charge is 0.476 e. The molecule has 2 aromatic rings. The molecule has 1 saturated carbocycles. The van der Waals surface area contributed by atoms with E-state index in [2.05, 4.69) is 15.2 Å². The van der Waals surface area contributed by atoms with Crippen molar-refractivity contribution >= 4 is 5.91 Å². The van der Waals surface area contributed by atoms with E-state index in [1.54, 1.807) is 18.5 Å². The van der Waals surface area contributed by atoms with Gasteiger partial charge in [-0.3, -0.25) is 9.78 Å². The normalized spacial score (nSPS) is 18.2. The number of nitrogens with zero attached hydrogens (tertiary/aromatic N) is 4. The minimum Gasteiger partial charge on any atom is -0.476 e. The minimum atomic E-state index is 0.0639. The average Bonchev–Trinajstić information content (AvgIpc) is 3.53. The summed E-state index contributed by atoms with van der Waals surface area (Å²) in [5.74, 6) is 1.72. The number of hydrogen-bond donors (Lipinski definition) is 0. The molecule has 6 heteroatoms. The Labute approximate surface area is 147 Å². The smallest absolute Gasteiger partial charge is 0.255 e. The van der Waals surface area contributed by atoms with Gasteiger partial charge >= 0.3 is 0 Å². The molecule has 1 aliphatic heterocycles. The molecule has 0 N–H and O–H groups in total. The van der Waals surface area contributed by atoms with Crippen LogP contribution in [0.15, 0.2) is 36.7 Å². The summed E-state index contributed by atoms with van der Waals surface area (Å²) in [7, 11) is 0. The second-order valence-electron chi connectivity index (χ2n) is 6.86. The Kier molecular flexibility index (Phi) is 4.59. The number of piperidine rings is 1. The molecule has 0 unspecified atom stereocenters. The quantitative estimate of drug-likeness (QED) is 0.838. The number of pyridine rings is 1. The fourth-order valence-corrected chi connectivity index (χ4v) is 3.18. The molecule has 2 aromatic heterocycles. The molecule has 4 rings (SSSR count). The topological polar surface area (TPSA) is 68.2 Å². The third kappa shape index (κ3) is 3.95. The zero-order valence-electron chi connectivity index (χ0n) is 14.2. The van der Waals surface area contributed by atoms with Gasteiger partial charge < -0.3 is 9.64 Å². The zero-order valence-corrected chi connectivity index (χ0v) is 14.2. The molecule has 2 aliphatic rings. The van der Waals surface area contributed by atoms with Crippen molar-refractivity contribution < 1.29 is 9.53 Å². The van der Waals surface area contributed by atoms with E-state index < -0.39 is 0 Å². The lowest BCUT2D eigenvalue weighted by Crippen LogP contribution is -2.39. The first-order valence-corrected chi connectivity index (χ1v) is 8.95. The lowest BCUT2D eigenvalue weighted by atomic mass is 9.97. The van der Waals surface area contributed by atoms with Crippen LogP contribution >= 0.6 is 0 Å². The standard InChI is InChI=1S/C19H22N4O2/c24-19(16-2-1-9-20-12-16)23-10-7-14(8-11-23)13-25-18-6-5-17(21-22-18)15-3-4-15/h1-2,5-6,9,12,14-15H,3-4,7-8,10-11,13H2. The lowest BCUT2D eigenvalue weighted by Gasteiger charge is -2.31. The molecule has 1 amide bonds. The van der Waals surface area contributed by atoms with Gasteiger partial charge in [0.2, 0.25) is 5.88 Å². The van der Waals surface area contributed by atoms with Crippen LogP contribution in [0.4, 0.5) is 0 Å². The van der Waals surface area contributed by atoms with E-state index in [0.29, 0.717) is 29.9 Å². The van der Waals surface area contributed by atoms with Gasteiger partial charge in [0.1, 0.15) is 0 Å². The highest BCUT2D eigenvalue weighted by Gasteiger charge is 2.26. The third-order valence-electron chi connectivity index (χ3n) is 4.93. The fourth-order valence-electron chi connectivity index (χ4n) is 3.18. The number of hydrogen-bond acceptors (Lipinski definition) is 5. The Balaban J connectivity index is 1.24. The van der Waals surface area contributed by atoms with Crippen molar-refractivity contribution in [1.82, 2.24) is 20.1 Å². The van der Waals surface area contributed by atoms with Crippen LogP contribution in [0.2, 0.25) is 0 Å². The molecule has 130 valence electrons. The molecule has 3 heterocycles. The highest BCUT2D eigenvalue weighted by Crippen LogP contribution is 2.38. The summed E-state index contributed by atoms with van der Waals surface area (Å²) >= 11 is 0. The van der Waals surface area contributed by atoms with E-state index in [-0.39, 0.29) is 5.91 Å². The molecule has 2 fully saturated rings. The zero-order chi connectivity index (χ0) is 17.1. The van der Waals surface area contributed by atoms with Gasteiger partial charge in [0.25, 0.3) is 5.91 Å². The van der Waals surface area contributed by atoms with Gasteiger partial charge in [0.05, 0.1) is 17.9 Å². The summed E-state index contributed by atoms with van der Waals surface area (Å²) in [6.07, 6.45) is 7.65. The summed E-state index contributed by atoms with van der Waals surface area (Å²) in [5, 5.41) is 8.40. The van der Waals surface area contributed by atoms with E-state index in [1.165, 1.54) is 12.8 Å². The van der Waals surface area contributed by atoms with Gasteiger partial charge in [-0.05, 0) is 49.8 Å². The maximum Gasteiger partial charge on any atom is 0.255 e. The molecule has 1 saturated heterocycles. The van der Waals surface area contributed by atoms with Crippen LogP contribution in [0.1, 0.15) is 47.7 Å². The highest BCUT2D eigenvalue weighted by molar-refractivity contribution is 5.93. The van der Waals surface area contributed by atoms with Gasteiger partial charge in [-0.15, -0.1) is 5.10 Å². The van der Waals surface area contributed by atoms with Crippen LogP contribution in [-0.4, -0.2) is 45.7 Å². The summed E-state index contributed by atoms with van der Waals surface area (Å²) in [6, 6.07) is 7.55. The summed E-state index contributed by atoms with van der Waals surface area (Å²) < 4.78 is 5.79. The van der Waals surface area contributed by atoms with Crippen molar-refractivity contribution in [1.29, 1.82) is 0 Å². The maximum absolute atomic E-state index is 12.4. The van der Waals surface area contributed by atoms with E-state index in [9.17, 15) is 4.79 Å². The van der Waals surface area contributed by atoms with Crippen LogP contribution in [0.25, 0.3) is 0 Å². The molecule has 0 atom stereocenters. The van der Waals surface area contributed by atoms with Gasteiger partial charge in [0, 0.05) is 37.5 Å². The van der Waals surface area contributed by atoms with Crippen molar-refractivity contribution in [3.8, 4) is 5.88 Å². The maximum atomic E-state index is 12.4. The summed E-state index contributed by atoms with van der Waals surface area (Å²) in [4.78, 5) is 18.3. The fraction of sp³-hybridized carbons (Fsp3) is 0.474. The molecule has 0 bridgehead atoms. The number of amides is 1. The van der Waals surface area contributed by atoms with Crippen LogP contribution in [-0.2, 0) is 0 Å². The Morgan fingerprint density at radius 3 is 2.60 bits per heavy atom. The van der Waals surface area contributed by atoms with Crippen molar-refractivity contribution in [3.05, 3.63) is 47.9 Å². The number of carbonyl (C=O) groups is 1. The molecule has 0 radical (unpaired) electrons. The number of carbonyl (C=O) groups excluding carboxylic acids is 1. The van der Waals surface area contributed by atoms with Crippen LogP contribution in [0, 0.1) is 5.92 Å². The van der Waals surface area contributed by atoms with Crippen molar-refractivity contribution in [3.63, 3.8) is 0 Å². The first-order chi connectivity index (χ1) is 12.3. The SMILES string of the molecule is O=C(c1cccnc1)N1CCC(COc2ccc(C3CC3)nn2)CC1. The molecule has 1 aliphatic carbocycles. The van der Waals surface area contributed by atoms with Crippen LogP contribution < -0.4 is 4.74 Å². The third-order valence-corrected chi connectivity index (χ3v) is 4.93. The van der Waals surface area contributed by atoms with E-state index in [1.807, 2.05) is 23.1 Å². The predicted octanol–water partition coefficient (Wildman–Crippen LogP) is 2.68. The highest BCUT2D eigenvalue weighted by atomic mass is 16.5.